The first kappa shape index (κ1) is 30.0. The van der Waals surface area contributed by atoms with Crippen molar-refractivity contribution in [3.8, 4) is 33.9 Å². The van der Waals surface area contributed by atoms with E-state index in [0.29, 0.717) is 68.0 Å². The molecule has 0 unspecified atom stereocenters. The van der Waals surface area contributed by atoms with E-state index in [-0.39, 0.29) is 23.9 Å². The Balaban J connectivity index is 1.38. The van der Waals surface area contributed by atoms with Crippen LogP contribution in [0.25, 0.3) is 55.8 Å². The van der Waals surface area contributed by atoms with Crippen molar-refractivity contribution in [1.82, 2.24) is 34.9 Å². The summed E-state index contributed by atoms with van der Waals surface area (Å²) in [7, 11) is -3.48. The molecule has 2 aromatic carbocycles. The van der Waals surface area contributed by atoms with Gasteiger partial charge in [-0.3, -0.25) is 19.9 Å². The molecule has 0 spiro atoms. The van der Waals surface area contributed by atoms with Gasteiger partial charge in [-0.05, 0) is 59.5 Å². The first-order valence-electron chi connectivity index (χ1n) is 14.0. The van der Waals surface area contributed by atoms with Crippen molar-refractivity contribution in [2.24, 2.45) is 5.92 Å². The number of carbonyl (C=O) groups is 1. The molecule has 4 heterocycles. The number of aromatic nitrogens is 6. The number of rotatable bonds is 9. The van der Waals surface area contributed by atoms with Crippen molar-refractivity contribution in [2.75, 3.05) is 11.6 Å². The summed E-state index contributed by atoms with van der Waals surface area (Å²) in [4.78, 5) is 28.8. The van der Waals surface area contributed by atoms with E-state index in [1.54, 1.807) is 36.7 Å². The number of nitrogens with zero attached hydrogens (tertiary/aromatic N) is 4. The molecule has 0 aliphatic carbocycles. The lowest BCUT2D eigenvalue weighted by Crippen LogP contribution is -2.21. The van der Waals surface area contributed by atoms with Gasteiger partial charge in [0.1, 0.15) is 28.4 Å². The minimum absolute atomic E-state index is 0.0959. The lowest BCUT2D eigenvalue weighted by molar-refractivity contribution is -0.116. The Morgan fingerprint density at radius 1 is 1.00 bits per heavy atom. The molecule has 0 fully saturated rings. The maximum Gasteiger partial charge on any atom is 0.224 e. The zero-order valence-corrected chi connectivity index (χ0v) is 25.3. The van der Waals surface area contributed by atoms with Gasteiger partial charge < -0.3 is 10.3 Å². The van der Waals surface area contributed by atoms with Gasteiger partial charge in [-0.2, -0.15) is 5.10 Å². The fourth-order valence-corrected chi connectivity index (χ4v) is 5.47. The van der Waals surface area contributed by atoms with Crippen LogP contribution < -0.4 is 10.0 Å². The number of hydrogen-bond donors (Lipinski definition) is 4. The SMILES string of the molecule is CC(C)CC(=O)Nc1cncc(-c2cc(F)c3[nH]nc(-c4nc5c(-c6cc(F)cc(CNS(C)(=O)=O)c6)nccc5[nH]4)c3c2)c1. The third-order valence-electron chi connectivity index (χ3n) is 6.97. The van der Waals surface area contributed by atoms with Crippen molar-refractivity contribution in [1.29, 1.82) is 0 Å². The average molecular weight is 631 g/mol. The normalized spacial score (nSPS) is 12.0. The number of pyridine rings is 2. The number of hydrogen-bond acceptors (Lipinski definition) is 7. The third-order valence-corrected chi connectivity index (χ3v) is 7.64. The van der Waals surface area contributed by atoms with Crippen LogP contribution in [0.5, 0.6) is 0 Å². The average Bonchev–Trinajstić information content (AvgIpc) is 3.59. The standard InChI is InChI=1S/C31H28F2N8O3S/c1-16(2)6-26(42)37-22-10-20(14-34-15-22)18-11-23-28(24(33)12-18)40-41-29(23)31-38-25-4-5-35-27(30(25)39-31)19-7-17(8-21(32)9-19)13-36-45(3,43)44/h4-5,7-12,14-16,36H,6,13H2,1-3H3,(H,37,42)(H,38,39)(H,40,41). The number of sulfonamides is 1. The maximum absolute atomic E-state index is 15.3. The quantitative estimate of drug-likeness (QED) is 0.163. The van der Waals surface area contributed by atoms with Gasteiger partial charge >= 0.3 is 0 Å². The van der Waals surface area contributed by atoms with Crippen LogP contribution in [0.15, 0.2) is 61.1 Å². The van der Waals surface area contributed by atoms with Gasteiger partial charge in [0.25, 0.3) is 0 Å². The largest absolute Gasteiger partial charge is 0.336 e. The fraction of sp³-hybridized carbons (Fsp3) is 0.194. The van der Waals surface area contributed by atoms with E-state index in [9.17, 15) is 17.6 Å². The van der Waals surface area contributed by atoms with E-state index in [0.717, 1.165) is 6.26 Å². The molecule has 6 aromatic rings. The van der Waals surface area contributed by atoms with Crippen LogP contribution in [0.2, 0.25) is 0 Å². The molecular formula is C31H28F2N8O3S. The molecule has 6 rings (SSSR count). The predicted octanol–water partition coefficient (Wildman–Crippen LogP) is 5.54. The highest BCUT2D eigenvalue weighted by atomic mass is 32.2. The van der Waals surface area contributed by atoms with Crippen molar-refractivity contribution in [3.63, 3.8) is 0 Å². The molecule has 0 aliphatic heterocycles. The molecule has 230 valence electrons. The molecule has 0 aliphatic rings. The van der Waals surface area contributed by atoms with Crippen LogP contribution in [-0.4, -0.2) is 50.7 Å². The summed E-state index contributed by atoms with van der Waals surface area (Å²) in [5, 5.41) is 10.4. The summed E-state index contributed by atoms with van der Waals surface area (Å²) >= 11 is 0. The smallest absolute Gasteiger partial charge is 0.224 e. The molecule has 45 heavy (non-hydrogen) atoms. The number of carbonyl (C=O) groups excluding carboxylic acids is 1. The lowest BCUT2D eigenvalue weighted by atomic mass is 10.0. The van der Waals surface area contributed by atoms with Crippen LogP contribution in [0.3, 0.4) is 0 Å². The van der Waals surface area contributed by atoms with E-state index >= 15 is 4.39 Å². The Bertz CT molecular complexity index is 2190. The second kappa shape index (κ2) is 11.8. The number of amides is 1. The number of H-pyrrole nitrogens is 2. The number of fused-ring (bicyclic) bond motifs is 2. The molecule has 0 saturated carbocycles. The second-order valence-electron chi connectivity index (χ2n) is 11.1. The Morgan fingerprint density at radius 3 is 2.60 bits per heavy atom. The summed E-state index contributed by atoms with van der Waals surface area (Å²) in [5.41, 5.74) is 4.30. The van der Waals surface area contributed by atoms with Crippen molar-refractivity contribution < 1.29 is 22.0 Å². The number of benzene rings is 2. The van der Waals surface area contributed by atoms with E-state index in [1.165, 1.54) is 24.4 Å². The molecule has 0 radical (unpaired) electrons. The summed E-state index contributed by atoms with van der Waals surface area (Å²) in [6.45, 7) is 3.81. The zero-order valence-electron chi connectivity index (χ0n) is 24.4. The Hall–Kier alpha value is -5.08. The molecular weight excluding hydrogens is 602 g/mol. The summed E-state index contributed by atoms with van der Waals surface area (Å²) < 4.78 is 55.4. The monoisotopic (exact) mass is 630 g/mol. The van der Waals surface area contributed by atoms with Gasteiger partial charge in [-0.25, -0.2) is 26.9 Å². The lowest BCUT2D eigenvalue weighted by Gasteiger charge is -2.09. The Labute approximate surface area is 256 Å². The van der Waals surface area contributed by atoms with Crippen LogP contribution in [0.4, 0.5) is 14.5 Å². The minimum Gasteiger partial charge on any atom is -0.336 e. The number of nitrogens with one attached hydrogen (secondary N) is 4. The van der Waals surface area contributed by atoms with Crippen molar-refractivity contribution in [3.05, 3.63) is 78.3 Å². The highest BCUT2D eigenvalue weighted by molar-refractivity contribution is 7.88. The van der Waals surface area contributed by atoms with E-state index in [1.807, 2.05) is 13.8 Å². The molecule has 11 nitrogen and oxygen atoms in total. The number of aromatic amines is 2. The highest BCUT2D eigenvalue weighted by Crippen LogP contribution is 2.34. The van der Waals surface area contributed by atoms with E-state index in [2.05, 4.69) is 35.2 Å². The molecule has 4 N–H and O–H groups in total. The van der Waals surface area contributed by atoms with Crippen LogP contribution in [0.1, 0.15) is 25.8 Å². The fourth-order valence-electron chi connectivity index (χ4n) is 5.04. The van der Waals surface area contributed by atoms with Gasteiger partial charge in [0.05, 0.1) is 29.4 Å². The molecule has 14 heteroatoms. The predicted molar refractivity (Wildman–Crippen MR) is 167 cm³/mol. The molecule has 0 atom stereocenters. The molecule has 4 aromatic heterocycles. The van der Waals surface area contributed by atoms with Crippen molar-refractivity contribution >= 4 is 43.6 Å². The highest BCUT2D eigenvalue weighted by Gasteiger charge is 2.19. The minimum atomic E-state index is -3.48. The topological polar surface area (TPSA) is 158 Å². The third kappa shape index (κ3) is 6.56. The van der Waals surface area contributed by atoms with Crippen LogP contribution in [0, 0.1) is 17.6 Å². The first-order chi connectivity index (χ1) is 21.4. The number of imidazole rings is 1. The van der Waals surface area contributed by atoms with Gasteiger partial charge in [-0.1, -0.05) is 13.8 Å². The van der Waals surface area contributed by atoms with Crippen LogP contribution in [-0.2, 0) is 21.4 Å². The molecule has 0 bridgehead atoms. The Kier molecular flexibility index (Phi) is 7.85. The maximum atomic E-state index is 15.3. The van der Waals surface area contributed by atoms with E-state index < -0.39 is 21.7 Å². The summed E-state index contributed by atoms with van der Waals surface area (Å²) in [6, 6.07) is 10.7. The van der Waals surface area contributed by atoms with Gasteiger partial charge in [0, 0.05) is 41.9 Å². The number of halogens is 2. The van der Waals surface area contributed by atoms with Gasteiger partial charge in [0.15, 0.2) is 5.82 Å². The summed E-state index contributed by atoms with van der Waals surface area (Å²) in [5.74, 6) is -0.722. The molecule has 1 amide bonds. The molecule has 0 saturated heterocycles. The van der Waals surface area contributed by atoms with Gasteiger partial charge in [0.2, 0.25) is 15.9 Å². The van der Waals surface area contributed by atoms with Gasteiger partial charge in [-0.15, -0.1) is 0 Å². The second-order valence-corrected chi connectivity index (χ2v) is 13.0. The zero-order chi connectivity index (χ0) is 31.9. The Morgan fingerprint density at radius 2 is 1.82 bits per heavy atom. The summed E-state index contributed by atoms with van der Waals surface area (Å²) in [6.07, 6.45) is 6.04. The first-order valence-corrected chi connectivity index (χ1v) is 15.8. The number of anilines is 1. The van der Waals surface area contributed by atoms with Crippen LogP contribution >= 0.6 is 0 Å². The van der Waals surface area contributed by atoms with Crippen molar-refractivity contribution in [2.45, 2.75) is 26.8 Å². The van der Waals surface area contributed by atoms with E-state index in [4.69, 9.17) is 4.98 Å².